The van der Waals surface area contributed by atoms with Gasteiger partial charge in [0.15, 0.2) is 0 Å². The van der Waals surface area contributed by atoms with Crippen molar-refractivity contribution in [2.45, 2.75) is 51.0 Å². The smallest absolute Gasteiger partial charge is 0.224 e. The minimum absolute atomic E-state index is 0.00789. The maximum Gasteiger partial charge on any atom is 0.224 e. The van der Waals surface area contributed by atoms with E-state index in [-0.39, 0.29) is 18.6 Å². The van der Waals surface area contributed by atoms with E-state index in [1.54, 1.807) is 7.11 Å². The predicted octanol–water partition coefficient (Wildman–Crippen LogP) is 2.69. The number of hydrogen-bond donors (Lipinski definition) is 2. The average Bonchev–Trinajstić information content (AvgIpc) is 2.56. The Morgan fingerprint density at radius 2 is 2.05 bits per heavy atom. The molecular formula is C18H27NO3. The third-order valence-corrected chi connectivity index (χ3v) is 4.55. The van der Waals surface area contributed by atoms with Crippen LogP contribution in [0.15, 0.2) is 24.3 Å². The van der Waals surface area contributed by atoms with Crippen LogP contribution >= 0.6 is 0 Å². The molecule has 0 aliphatic heterocycles. The van der Waals surface area contributed by atoms with Gasteiger partial charge in [-0.2, -0.15) is 0 Å². The number of para-hydroxylation sites is 1. The van der Waals surface area contributed by atoms with Crippen LogP contribution in [-0.2, 0) is 11.2 Å². The lowest BCUT2D eigenvalue weighted by molar-refractivity contribution is -0.121. The molecule has 2 N–H and O–H groups in total. The van der Waals surface area contributed by atoms with Crippen molar-refractivity contribution < 1.29 is 14.6 Å². The summed E-state index contributed by atoms with van der Waals surface area (Å²) in [4.78, 5) is 12.4. The van der Waals surface area contributed by atoms with Crippen molar-refractivity contribution >= 4 is 5.91 Å². The van der Waals surface area contributed by atoms with E-state index in [1.165, 1.54) is 19.3 Å². The Kier molecular flexibility index (Phi) is 6.72. The lowest BCUT2D eigenvalue weighted by atomic mass is 9.82. The van der Waals surface area contributed by atoms with Gasteiger partial charge in [-0.1, -0.05) is 37.5 Å². The molecule has 4 nitrogen and oxygen atoms in total. The molecule has 0 radical (unpaired) electrons. The number of hydrogen-bond acceptors (Lipinski definition) is 3. The molecule has 1 atom stereocenters. The molecule has 0 spiro atoms. The first-order valence-corrected chi connectivity index (χ1v) is 8.26. The number of ether oxygens (including phenoxy) is 1. The molecule has 0 saturated heterocycles. The molecule has 0 aromatic heterocycles. The fourth-order valence-corrected chi connectivity index (χ4v) is 3.38. The quantitative estimate of drug-likeness (QED) is 0.814. The molecular weight excluding hydrogens is 278 g/mol. The fraction of sp³-hybridized carbons (Fsp3) is 0.611. The second kappa shape index (κ2) is 8.79. The number of rotatable bonds is 7. The summed E-state index contributed by atoms with van der Waals surface area (Å²) in [5.74, 6) is 1.25. The summed E-state index contributed by atoms with van der Waals surface area (Å²) in [6.07, 6.45) is 7.02. The highest BCUT2D eigenvalue weighted by molar-refractivity contribution is 5.79. The zero-order valence-corrected chi connectivity index (χ0v) is 13.4. The van der Waals surface area contributed by atoms with Crippen molar-refractivity contribution in [3.8, 4) is 5.75 Å². The second-order valence-corrected chi connectivity index (χ2v) is 6.07. The van der Waals surface area contributed by atoms with Crippen LogP contribution in [0.1, 0.15) is 44.1 Å². The topological polar surface area (TPSA) is 58.6 Å². The first-order valence-electron chi connectivity index (χ1n) is 8.26. The first-order chi connectivity index (χ1) is 10.7. The van der Waals surface area contributed by atoms with Crippen molar-refractivity contribution in [3.05, 3.63) is 29.8 Å². The largest absolute Gasteiger partial charge is 0.496 e. The molecule has 1 aromatic carbocycles. The summed E-state index contributed by atoms with van der Waals surface area (Å²) >= 11 is 0. The Bertz CT molecular complexity index is 469. The van der Waals surface area contributed by atoms with Crippen LogP contribution < -0.4 is 10.1 Å². The van der Waals surface area contributed by atoms with Crippen LogP contribution in [0, 0.1) is 5.92 Å². The molecule has 1 aromatic rings. The normalized spacial score (nSPS) is 17.0. The maximum atomic E-state index is 12.4. The highest BCUT2D eigenvalue weighted by Crippen LogP contribution is 2.28. The Morgan fingerprint density at radius 1 is 1.32 bits per heavy atom. The molecule has 1 saturated carbocycles. The van der Waals surface area contributed by atoms with Crippen molar-refractivity contribution in [2.24, 2.45) is 5.92 Å². The van der Waals surface area contributed by atoms with Crippen molar-refractivity contribution in [1.29, 1.82) is 0 Å². The predicted molar refractivity (Wildman–Crippen MR) is 86.9 cm³/mol. The van der Waals surface area contributed by atoms with Crippen LogP contribution in [0.25, 0.3) is 0 Å². The van der Waals surface area contributed by atoms with E-state index in [4.69, 9.17) is 4.74 Å². The average molecular weight is 305 g/mol. The molecule has 2 rings (SSSR count). The molecule has 122 valence electrons. The molecule has 1 fully saturated rings. The van der Waals surface area contributed by atoms with E-state index in [0.29, 0.717) is 18.8 Å². The number of methoxy groups -OCH3 is 1. The van der Waals surface area contributed by atoms with E-state index in [1.807, 2.05) is 24.3 Å². The second-order valence-electron chi connectivity index (χ2n) is 6.07. The lowest BCUT2D eigenvalue weighted by Gasteiger charge is -2.30. The molecule has 1 unspecified atom stereocenters. The van der Waals surface area contributed by atoms with Crippen molar-refractivity contribution in [3.63, 3.8) is 0 Å². The van der Waals surface area contributed by atoms with Gasteiger partial charge in [-0.25, -0.2) is 0 Å². The van der Waals surface area contributed by atoms with Gasteiger partial charge in [0.2, 0.25) is 5.91 Å². The van der Waals surface area contributed by atoms with Crippen LogP contribution in [0.4, 0.5) is 0 Å². The summed E-state index contributed by atoms with van der Waals surface area (Å²) in [5.41, 5.74) is 0.897. The van der Waals surface area contributed by atoms with Gasteiger partial charge in [-0.05, 0) is 31.2 Å². The summed E-state index contributed by atoms with van der Waals surface area (Å²) in [6.45, 7) is 0.121. The van der Waals surface area contributed by atoms with Crippen LogP contribution in [0.2, 0.25) is 0 Å². The summed E-state index contributed by atoms with van der Waals surface area (Å²) in [7, 11) is 1.62. The van der Waals surface area contributed by atoms with Crippen molar-refractivity contribution in [1.82, 2.24) is 5.32 Å². The molecule has 22 heavy (non-hydrogen) atoms. The van der Waals surface area contributed by atoms with Gasteiger partial charge >= 0.3 is 0 Å². The van der Waals surface area contributed by atoms with Gasteiger partial charge < -0.3 is 15.2 Å². The zero-order chi connectivity index (χ0) is 15.8. The lowest BCUT2D eigenvalue weighted by Crippen LogP contribution is -2.42. The molecule has 1 amide bonds. The van der Waals surface area contributed by atoms with Crippen LogP contribution in [0.5, 0.6) is 5.75 Å². The van der Waals surface area contributed by atoms with E-state index < -0.39 is 0 Å². The van der Waals surface area contributed by atoms with Crippen LogP contribution in [0.3, 0.4) is 0 Å². The molecule has 4 heteroatoms. The highest BCUT2D eigenvalue weighted by Gasteiger charge is 2.24. The van der Waals surface area contributed by atoms with Gasteiger partial charge in [-0.3, -0.25) is 4.79 Å². The van der Waals surface area contributed by atoms with Gasteiger partial charge in [0.25, 0.3) is 0 Å². The van der Waals surface area contributed by atoms with E-state index in [2.05, 4.69) is 5.32 Å². The summed E-state index contributed by atoms with van der Waals surface area (Å²) in [6, 6.07) is 7.69. The molecule has 1 aliphatic carbocycles. The number of carbonyl (C=O) groups is 1. The van der Waals surface area contributed by atoms with Gasteiger partial charge in [0.05, 0.1) is 13.5 Å². The number of aliphatic hydroxyl groups excluding tert-OH is 1. The van der Waals surface area contributed by atoms with Gasteiger partial charge in [0, 0.05) is 18.2 Å². The maximum absolute atomic E-state index is 12.4. The van der Waals surface area contributed by atoms with Crippen molar-refractivity contribution in [2.75, 3.05) is 13.7 Å². The Labute approximate surface area is 132 Å². The van der Waals surface area contributed by atoms with Gasteiger partial charge in [0.1, 0.15) is 5.75 Å². The number of carbonyl (C=O) groups excluding carboxylic acids is 1. The number of nitrogens with one attached hydrogen (secondary N) is 1. The number of amides is 1. The Hall–Kier alpha value is -1.55. The van der Waals surface area contributed by atoms with Gasteiger partial charge in [-0.15, -0.1) is 0 Å². The van der Waals surface area contributed by atoms with Crippen LogP contribution in [-0.4, -0.2) is 30.8 Å². The molecule has 1 aliphatic rings. The standard InChI is InChI=1S/C18H27NO3/c1-22-17-10-6-5-9-15(17)13-18(21)19-16(11-12-20)14-7-3-2-4-8-14/h5-6,9-10,14,16,20H,2-4,7-8,11-13H2,1H3,(H,19,21). The third-order valence-electron chi connectivity index (χ3n) is 4.55. The Balaban J connectivity index is 1.95. The first kappa shape index (κ1) is 16.8. The third kappa shape index (κ3) is 4.73. The fourth-order valence-electron chi connectivity index (χ4n) is 3.38. The molecule has 0 bridgehead atoms. The van der Waals surface area contributed by atoms with E-state index >= 15 is 0 Å². The minimum atomic E-state index is 0.00789. The minimum Gasteiger partial charge on any atom is -0.496 e. The molecule has 0 heterocycles. The Morgan fingerprint density at radius 3 is 2.73 bits per heavy atom. The van der Waals surface area contributed by atoms with E-state index in [9.17, 15) is 9.90 Å². The number of aliphatic hydroxyl groups is 1. The van der Waals surface area contributed by atoms with E-state index in [0.717, 1.165) is 24.2 Å². The monoisotopic (exact) mass is 305 g/mol. The zero-order valence-electron chi connectivity index (χ0n) is 13.4. The SMILES string of the molecule is COc1ccccc1CC(=O)NC(CCO)C1CCCCC1. The summed E-state index contributed by atoms with van der Waals surface area (Å²) < 4.78 is 5.30. The number of benzene rings is 1. The summed E-state index contributed by atoms with van der Waals surface area (Å²) in [5, 5.41) is 12.4. The highest BCUT2D eigenvalue weighted by atomic mass is 16.5.